The molecule has 0 atom stereocenters. The molecule has 1 aliphatic rings. The fourth-order valence-corrected chi connectivity index (χ4v) is 2.28. The molecule has 1 aromatic carbocycles. The van der Waals surface area contributed by atoms with Crippen molar-refractivity contribution in [3.05, 3.63) is 28.3 Å². The number of aliphatic imine (C=N–C) groups is 1. The van der Waals surface area contributed by atoms with Crippen LogP contribution in [0.1, 0.15) is 35.1 Å². The van der Waals surface area contributed by atoms with Crippen LogP contribution in [-0.4, -0.2) is 11.2 Å². The molecule has 0 bridgehead atoms. The van der Waals surface area contributed by atoms with Gasteiger partial charge >= 0.3 is 0 Å². The highest BCUT2D eigenvalue weighted by Gasteiger charge is 2.47. The normalized spacial score (nSPS) is 16.7. The lowest BCUT2D eigenvalue weighted by Crippen LogP contribution is -2.07. The van der Waals surface area contributed by atoms with Gasteiger partial charge in [-0.05, 0) is 50.3 Å². The Labute approximate surface area is 94.8 Å². The summed E-state index contributed by atoms with van der Waals surface area (Å²) >= 11 is 0. The maximum Gasteiger partial charge on any atom is 0.235 e. The predicted molar refractivity (Wildman–Crippen MR) is 61.4 cm³/mol. The van der Waals surface area contributed by atoms with E-state index in [9.17, 15) is 9.90 Å². The van der Waals surface area contributed by atoms with Gasteiger partial charge in [0.2, 0.25) is 6.08 Å². The zero-order chi connectivity index (χ0) is 11.9. The Kier molecular flexibility index (Phi) is 2.36. The Morgan fingerprint density at radius 2 is 1.94 bits per heavy atom. The molecule has 2 rings (SSSR count). The SMILES string of the molecule is Cc1cc(C)c(C2(N=C=O)CC2)c(O)c1C. The van der Waals surface area contributed by atoms with Crippen molar-refractivity contribution >= 4 is 6.08 Å². The number of rotatable bonds is 2. The summed E-state index contributed by atoms with van der Waals surface area (Å²) in [6.07, 6.45) is 3.26. The minimum atomic E-state index is -0.492. The standard InChI is InChI=1S/C13H15NO2/c1-8-6-9(2)11(12(16)10(8)3)13(4-5-13)14-7-15/h6,16H,4-5H2,1-3H3. The van der Waals surface area contributed by atoms with Gasteiger partial charge in [0.15, 0.2) is 0 Å². The van der Waals surface area contributed by atoms with Gasteiger partial charge in [0.05, 0.1) is 0 Å². The smallest absolute Gasteiger partial charge is 0.235 e. The average molecular weight is 217 g/mol. The summed E-state index contributed by atoms with van der Waals surface area (Å²) in [5.74, 6) is 0.286. The average Bonchev–Trinajstić information content (AvgIpc) is 2.96. The Bertz CT molecular complexity index is 495. The van der Waals surface area contributed by atoms with Crippen molar-refractivity contribution in [3.8, 4) is 5.75 Å². The summed E-state index contributed by atoms with van der Waals surface area (Å²) in [7, 11) is 0. The number of phenols is 1. The van der Waals surface area contributed by atoms with E-state index in [1.165, 1.54) is 0 Å². The molecule has 0 spiro atoms. The monoisotopic (exact) mass is 217 g/mol. The lowest BCUT2D eigenvalue weighted by Gasteiger charge is -2.17. The summed E-state index contributed by atoms with van der Waals surface area (Å²) in [5.41, 5.74) is 3.24. The van der Waals surface area contributed by atoms with Gasteiger partial charge in [-0.1, -0.05) is 6.07 Å². The van der Waals surface area contributed by atoms with Gasteiger partial charge in [0.1, 0.15) is 11.3 Å². The summed E-state index contributed by atoms with van der Waals surface area (Å²) in [5, 5.41) is 10.2. The van der Waals surface area contributed by atoms with E-state index < -0.39 is 5.54 Å². The minimum Gasteiger partial charge on any atom is -0.507 e. The fraction of sp³-hybridized carbons (Fsp3) is 0.462. The van der Waals surface area contributed by atoms with Crippen molar-refractivity contribution in [1.29, 1.82) is 0 Å². The molecule has 0 heterocycles. The Balaban J connectivity index is 2.66. The molecule has 0 radical (unpaired) electrons. The highest BCUT2D eigenvalue weighted by molar-refractivity contribution is 5.55. The van der Waals surface area contributed by atoms with Crippen LogP contribution in [-0.2, 0) is 10.3 Å². The fourth-order valence-electron chi connectivity index (χ4n) is 2.28. The summed E-state index contributed by atoms with van der Waals surface area (Å²) in [6, 6.07) is 2.03. The molecule has 0 aromatic heterocycles. The van der Waals surface area contributed by atoms with Crippen molar-refractivity contribution < 1.29 is 9.90 Å². The van der Waals surface area contributed by atoms with Gasteiger partial charge in [0.25, 0.3) is 0 Å². The van der Waals surface area contributed by atoms with E-state index in [2.05, 4.69) is 4.99 Å². The quantitative estimate of drug-likeness (QED) is 0.611. The molecule has 1 aromatic rings. The molecule has 3 nitrogen and oxygen atoms in total. The lowest BCUT2D eigenvalue weighted by atomic mass is 9.93. The third-order valence-corrected chi connectivity index (χ3v) is 3.46. The van der Waals surface area contributed by atoms with E-state index >= 15 is 0 Å². The first-order chi connectivity index (χ1) is 7.52. The molecule has 0 unspecified atom stereocenters. The van der Waals surface area contributed by atoms with Crippen LogP contribution in [0.3, 0.4) is 0 Å². The van der Waals surface area contributed by atoms with E-state index in [0.717, 1.165) is 35.1 Å². The first kappa shape index (κ1) is 10.9. The molecule has 84 valence electrons. The van der Waals surface area contributed by atoms with Gasteiger partial charge in [-0.2, -0.15) is 4.99 Å². The van der Waals surface area contributed by atoms with E-state index in [4.69, 9.17) is 0 Å². The summed E-state index contributed by atoms with van der Waals surface area (Å²) in [4.78, 5) is 14.3. The van der Waals surface area contributed by atoms with Crippen LogP contribution in [0.2, 0.25) is 0 Å². The highest BCUT2D eigenvalue weighted by Crippen LogP contribution is 2.54. The van der Waals surface area contributed by atoms with Crippen LogP contribution >= 0.6 is 0 Å². The van der Waals surface area contributed by atoms with E-state index in [1.807, 2.05) is 26.8 Å². The molecule has 0 aliphatic heterocycles. The molecule has 0 saturated heterocycles. The number of benzene rings is 1. The number of nitrogens with zero attached hydrogens (tertiary/aromatic N) is 1. The number of hydrogen-bond donors (Lipinski definition) is 1. The Morgan fingerprint density at radius 3 is 2.44 bits per heavy atom. The predicted octanol–water partition coefficient (Wildman–Crippen LogP) is 2.64. The maximum absolute atomic E-state index is 10.4. The number of phenolic OH excluding ortho intramolecular Hbond substituents is 1. The second-order valence-corrected chi connectivity index (χ2v) is 4.59. The highest BCUT2D eigenvalue weighted by atomic mass is 16.3. The molecule has 1 aliphatic carbocycles. The van der Waals surface area contributed by atoms with Crippen molar-refractivity contribution in [3.63, 3.8) is 0 Å². The topological polar surface area (TPSA) is 49.7 Å². The van der Waals surface area contributed by atoms with Crippen molar-refractivity contribution in [2.24, 2.45) is 4.99 Å². The van der Waals surface area contributed by atoms with Crippen LogP contribution in [0, 0.1) is 20.8 Å². The summed E-state index contributed by atoms with van der Waals surface area (Å²) < 4.78 is 0. The van der Waals surface area contributed by atoms with Crippen LogP contribution in [0.25, 0.3) is 0 Å². The van der Waals surface area contributed by atoms with Gasteiger partial charge in [-0.25, -0.2) is 4.79 Å². The maximum atomic E-state index is 10.4. The number of isocyanates is 1. The third-order valence-electron chi connectivity index (χ3n) is 3.46. The minimum absolute atomic E-state index is 0.286. The molecule has 3 heteroatoms. The molecule has 1 saturated carbocycles. The second kappa shape index (κ2) is 3.46. The third kappa shape index (κ3) is 1.44. The summed E-state index contributed by atoms with van der Waals surface area (Å²) in [6.45, 7) is 5.80. The number of carbonyl (C=O) groups excluding carboxylic acids is 1. The van der Waals surface area contributed by atoms with E-state index in [-0.39, 0.29) is 5.75 Å². The first-order valence-electron chi connectivity index (χ1n) is 5.41. The van der Waals surface area contributed by atoms with Gasteiger partial charge in [-0.15, -0.1) is 0 Å². The van der Waals surface area contributed by atoms with E-state index in [1.54, 1.807) is 6.08 Å². The number of hydrogen-bond acceptors (Lipinski definition) is 3. The molecule has 1 fully saturated rings. The van der Waals surface area contributed by atoms with Crippen molar-refractivity contribution in [1.82, 2.24) is 0 Å². The lowest BCUT2D eigenvalue weighted by molar-refractivity contribution is 0.453. The van der Waals surface area contributed by atoms with Crippen LogP contribution < -0.4 is 0 Å². The molecular weight excluding hydrogens is 202 g/mol. The largest absolute Gasteiger partial charge is 0.507 e. The zero-order valence-electron chi connectivity index (χ0n) is 9.79. The zero-order valence-corrected chi connectivity index (χ0v) is 9.79. The van der Waals surface area contributed by atoms with Crippen molar-refractivity contribution in [2.75, 3.05) is 0 Å². The number of aromatic hydroxyl groups is 1. The van der Waals surface area contributed by atoms with Crippen molar-refractivity contribution in [2.45, 2.75) is 39.2 Å². The molecule has 1 N–H and O–H groups in total. The van der Waals surface area contributed by atoms with Crippen LogP contribution in [0.4, 0.5) is 0 Å². The number of aryl methyl sites for hydroxylation is 2. The van der Waals surface area contributed by atoms with Crippen LogP contribution in [0.5, 0.6) is 5.75 Å². The first-order valence-corrected chi connectivity index (χ1v) is 5.41. The Morgan fingerprint density at radius 1 is 1.31 bits per heavy atom. The molecule has 0 amide bonds. The molecular formula is C13H15NO2. The van der Waals surface area contributed by atoms with E-state index in [0.29, 0.717) is 0 Å². The molecule has 16 heavy (non-hydrogen) atoms. The Hall–Kier alpha value is -1.60. The second-order valence-electron chi connectivity index (χ2n) is 4.59. The van der Waals surface area contributed by atoms with Crippen LogP contribution in [0.15, 0.2) is 11.1 Å². The van der Waals surface area contributed by atoms with Gasteiger partial charge in [0, 0.05) is 5.56 Å². The van der Waals surface area contributed by atoms with Gasteiger partial charge < -0.3 is 5.11 Å². The van der Waals surface area contributed by atoms with Gasteiger partial charge in [-0.3, -0.25) is 0 Å².